The fraction of sp³-hybridized carbons (Fsp3) is 0.929. The van der Waals surface area contributed by atoms with Crippen molar-refractivity contribution in [1.29, 1.82) is 0 Å². The van der Waals surface area contributed by atoms with Crippen LogP contribution in [0.3, 0.4) is 0 Å². The van der Waals surface area contributed by atoms with Crippen molar-refractivity contribution in [2.75, 3.05) is 52.5 Å². The number of likely N-dealkylation sites (tertiary alicyclic amines) is 1. The molecule has 2 aliphatic heterocycles. The molecule has 2 saturated heterocycles. The Hall–Kier alpha value is -0.650. The van der Waals surface area contributed by atoms with Crippen LogP contribution in [0.4, 0.5) is 0 Å². The summed E-state index contributed by atoms with van der Waals surface area (Å²) in [5, 5.41) is 8.75. The molecule has 2 rings (SSSR count). The molecule has 0 bridgehead atoms. The van der Waals surface area contributed by atoms with E-state index < -0.39 is 5.97 Å². The molecule has 0 aromatic carbocycles. The van der Waals surface area contributed by atoms with Crippen LogP contribution in [0.5, 0.6) is 0 Å². The first-order valence-corrected chi connectivity index (χ1v) is 7.48. The molecule has 19 heavy (non-hydrogen) atoms. The number of carboxylic acids is 1. The zero-order chi connectivity index (χ0) is 13.5. The third-order valence-corrected chi connectivity index (χ3v) is 4.21. The molecular weight excluding hydrogens is 244 g/mol. The molecular formula is C14H26N2O3. The van der Waals surface area contributed by atoms with Gasteiger partial charge in [0, 0.05) is 39.1 Å². The molecule has 5 nitrogen and oxygen atoms in total. The van der Waals surface area contributed by atoms with Crippen molar-refractivity contribution in [2.45, 2.75) is 25.7 Å². The molecule has 0 aromatic heterocycles. The van der Waals surface area contributed by atoms with Gasteiger partial charge in [-0.05, 0) is 31.7 Å². The van der Waals surface area contributed by atoms with E-state index in [4.69, 9.17) is 9.84 Å². The van der Waals surface area contributed by atoms with Gasteiger partial charge in [0.25, 0.3) is 0 Å². The highest BCUT2D eigenvalue weighted by Gasteiger charge is 2.21. The molecule has 1 N–H and O–H groups in total. The largest absolute Gasteiger partial charge is 0.481 e. The molecule has 110 valence electrons. The van der Waals surface area contributed by atoms with Crippen LogP contribution >= 0.6 is 0 Å². The monoisotopic (exact) mass is 270 g/mol. The molecule has 1 unspecified atom stereocenters. The second-order valence-electron chi connectivity index (χ2n) is 5.70. The zero-order valence-corrected chi connectivity index (χ0v) is 11.7. The summed E-state index contributed by atoms with van der Waals surface area (Å²) in [6.07, 6.45) is 3.57. The lowest BCUT2D eigenvalue weighted by molar-refractivity contribution is -0.137. The van der Waals surface area contributed by atoms with E-state index in [1.54, 1.807) is 0 Å². The molecule has 5 heteroatoms. The average molecular weight is 270 g/mol. The SMILES string of the molecule is O=C(O)CCC1CCCN(CCN2CCOCC2)C1. The van der Waals surface area contributed by atoms with Gasteiger partial charge in [-0.3, -0.25) is 9.69 Å². The first-order chi connectivity index (χ1) is 9.24. The smallest absolute Gasteiger partial charge is 0.303 e. The Morgan fingerprint density at radius 3 is 2.63 bits per heavy atom. The first-order valence-electron chi connectivity index (χ1n) is 7.48. The number of hydrogen-bond donors (Lipinski definition) is 1. The normalized spacial score (nSPS) is 26.4. The lowest BCUT2D eigenvalue weighted by atomic mass is 9.93. The Morgan fingerprint density at radius 2 is 1.89 bits per heavy atom. The highest BCUT2D eigenvalue weighted by molar-refractivity contribution is 5.66. The molecule has 0 aromatic rings. The molecule has 0 aliphatic carbocycles. The van der Waals surface area contributed by atoms with Crippen molar-refractivity contribution in [3.63, 3.8) is 0 Å². The molecule has 2 heterocycles. The fourth-order valence-electron chi connectivity index (χ4n) is 3.03. The molecule has 2 aliphatic rings. The number of hydrogen-bond acceptors (Lipinski definition) is 4. The van der Waals surface area contributed by atoms with Gasteiger partial charge in [-0.25, -0.2) is 0 Å². The summed E-state index contributed by atoms with van der Waals surface area (Å²) < 4.78 is 5.35. The van der Waals surface area contributed by atoms with E-state index in [-0.39, 0.29) is 0 Å². The summed E-state index contributed by atoms with van der Waals surface area (Å²) in [7, 11) is 0. The van der Waals surface area contributed by atoms with Gasteiger partial charge in [-0.2, -0.15) is 0 Å². The molecule has 0 saturated carbocycles. The van der Waals surface area contributed by atoms with Gasteiger partial charge in [0.15, 0.2) is 0 Å². The summed E-state index contributed by atoms with van der Waals surface area (Å²) in [5.41, 5.74) is 0. The van der Waals surface area contributed by atoms with Gasteiger partial charge in [0.2, 0.25) is 0 Å². The van der Waals surface area contributed by atoms with Crippen LogP contribution in [-0.4, -0.2) is 73.4 Å². The first kappa shape index (κ1) is 14.8. The summed E-state index contributed by atoms with van der Waals surface area (Å²) in [6.45, 7) is 8.32. The van der Waals surface area contributed by atoms with Crippen LogP contribution in [0.25, 0.3) is 0 Å². The van der Waals surface area contributed by atoms with Crippen molar-refractivity contribution in [3.05, 3.63) is 0 Å². The highest BCUT2D eigenvalue weighted by Crippen LogP contribution is 2.20. The van der Waals surface area contributed by atoms with E-state index in [2.05, 4.69) is 9.80 Å². The van der Waals surface area contributed by atoms with Gasteiger partial charge in [0.1, 0.15) is 0 Å². The molecule has 0 radical (unpaired) electrons. The number of aliphatic carboxylic acids is 1. The van der Waals surface area contributed by atoms with Crippen molar-refractivity contribution in [1.82, 2.24) is 9.80 Å². The van der Waals surface area contributed by atoms with Gasteiger partial charge < -0.3 is 14.7 Å². The van der Waals surface area contributed by atoms with Crippen molar-refractivity contribution in [2.24, 2.45) is 5.92 Å². The second-order valence-corrected chi connectivity index (χ2v) is 5.70. The maximum atomic E-state index is 10.6. The minimum absolute atomic E-state index is 0.321. The maximum Gasteiger partial charge on any atom is 0.303 e. The average Bonchev–Trinajstić information content (AvgIpc) is 2.44. The van der Waals surface area contributed by atoms with E-state index in [1.165, 1.54) is 19.4 Å². The van der Waals surface area contributed by atoms with Gasteiger partial charge >= 0.3 is 5.97 Å². The lowest BCUT2D eigenvalue weighted by Gasteiger charge is -2.35. The highest BCUT2D eigenvalue weighted by atomic mass is 16.5. The van der Waals surface area contributed by atoms with Gasteiger partial charge in [0.05, 0.1) is 13.2 Å². The number of carbonyl (C=O) groups is 1. The van der Waals surface area contributed by atoms with Gasteiger partial charge in [-0.15, -0.1) is 0 Å². The van der Waals surface area contributed by atoms with E-state index in [9.17, 15) is 4.79 Å². The Bertz CT molecular complexity index is 280. The van der Waals surface area contributed by atoms with Crippen LogP contribution in [0, 0.1) is 5.92 Å². The number of piperidine rings is 1. The predicted octanol–water partition coefficient (Wildman–Crippen LogP) is 0.895. The maximum absolute atomic E-state index is 10.6. The number of rotatable bonds is 6. The van der Waals surface area contributed by atoms with Crippen LogP contribution in [0.2, 0.25) is 0 Å². The van der Waals surface area contributed by atoms with Crippen LogP contribution in [-0.2, 0) is 9.53 Å². The number of morpholine rings is 1. The molecule has 0 amide bonds. The minimum Gasteiger partial charge on any atom is -0.481 e. The number of ether oxygens (including phenoxy) is 1. The van der Waals surface area contributed by atoms with Crippen LogP contribution < -0.4 is 0 Å². The van der Waals surface area contributed by atoms with Gasteiger partial charge in [-0.1, -0.05) is 0 Å². The quantitative estimate of drug-likeness (QED) is 0.777. The Balaban J connectivity index is 1.64. The minimum atomic E-state index is -0.662. The molecule has 0 spiro atoms. The van der Waals surface area contributed by atoms with E-state index in [1.807, 2.05) is 0 Å². The Labute approximate surface area is 115 Å². The number of nitrogens with zero attached hydrogens (tertiary/aromatic N) is 2. The van der Waals surface area contributed by atoms with Crippen LogP contribution in [0.1, 0.15) is 25.7 Å². The standard InChI is InChI=1S/C14H26N2O3/c17-14(18)4-3-13-2-1-5-16(12-13)7-6-15-8-10-19-11-9-15/h13H,1-12H2,(H,17,18). The van der Waals surface area contributed by atoms with E-state index in [0.717, 1.165) is 52.4 Å². The third kappa shape index (κ3) is 5.47. The van der Waals surface area contributed by atoms with Crippen molar-refractivity contribution < 1.29 is 14.6 Å². The van der Waals surface area contributed by atoms with Crippen LogP contribution in [0.15, 0.2) is 0 Å². The van der Waals surface area contributed by atoms with E-state index >= 15 is 0 Å². The summed E-state index contributed by atoms with van der Waals surface area (Å²) in [4.78, 5) is 15.6. The fourth-order valence-corrected chi connectivity index (χ4v) is 3.03. The van der Waals surface area contributed by atoms with E-state index in [0.29, 0.717) is 12.3 Å². The zero-order valence-electron chi connectivity index (χ0n) is 11.7. The third-order valence-electron chi connectivity index (χ3n) is 4.21. The predicted molar refractivity (Wildman–Crippen MR) is 73.3 cm³/mol. The number of carboxylic acid groups (broad SMARTS) is 1. The Kier molecular flexibility index (Phi) is 6.07. The second kappa shape index (κ2) is 7.82. The van der Waals surface area contributed by atoms with Crippen molar-refractivity contribution in [3.8, 4) is 0 Å². The summed E-state index contributed by atoms with van der Waals surface area (Å²) in [5.74, 6) is -0.0834. The lowest BCUT2D eigenvalue weighted by Crippen LogP contribution is -2.44. The molecule has 1 atom stereocenters. The summed E-state index contributed by atoms with van der Waals surface area (Å²) in [6, 6.07) is 0. The van der Waals surface area contributed by atoms with Crippen molar-refractivity contribution >= 4 is 5.97 Å². The molecule has 2 fully saturated rings. The Morgan fingerprint density at radius 1 is 1.16 bits per heavy atom. The summed E-state index contributed by atoms with van der Waals surface area (Å²) >= 11 is 0. The topological polar surface area (TPSA) is 53.0 Å².